The molecule has 1 atom stereocenters. The zero-order valence-electron chi connectivity index (χ0n) is 8.15. The van der Waals surface area contributed by atoms with Gasteiger partial charge < -0.3 is 10.2 Å². The van der Waals surface area contributed by atoms with Crippen LogP contribution in [0, 0.1) is 17.8 Å². The predicted molar refractivity (Wildman–Crippen MR) is 53.0 cm³/mol. The van der Waals surface area contributed by atoms with Gasteiger partial charge in [-0.15, -0.1) is 6.42 Å². The van der Waals surface area contributed by atoms with Gasteiger partial charge in [-0.2, -0.15) is 0 Å². The van der Waals surface area contributed by atoms with Gasteiger partial charge in [0, 0.05) is 12.0 Å². The highest BCUT2D eigenvalue weighted by atomic mass is 16.4. The summed E-state index contributed by atoms with van der Waals surface area (Å²) in [5.41, 5.74) is -0.972. The maximum absolute atomic E-state index is 10.9. The van der Waals surface area contributed by atoms with Gasteiger partial charge in [-0.1, -0.05) is 12.0 Å². The lowest BCUT2D eigenvalue weighted by Gasteiger charge is -2.24. The third-order valence-corrected chi connectivity index (χ3v) is 2.39. The van der Waals surface area contributed by atoms with E-state index in [0.29, 0.717) is 0 Å². The Morgan fingerprint density at radius 3 is 2.53 bits per heavy atom. The third-order valence-electron chi connectivity index (χ3n) is 2.39. The van der Waals surface area contributed by atoms with Crippen LogP contribution in [-0.2, 0) is 9.59 Å². The van der Waals surface area contributed by atoms with Crippen molar-refractivity contribution in [1.82, 2.24) is 0 Å². The molecule has 4 nitrogen and oxygen atoms in total. The van der Waals surface area contributed by atoms with Crippen molar-refractivity contribution < 1.29 is 19.8 Å². The summed E-state index contributed by atoms with van der Waals surface area (Å²) in [4.78, 5) is 21.8. The molecule has 0 aromatic carbocycles. The Morgan fingerprint density at radius 1 is 1.53 bits per heavy atom. The Kier molecular flexibility index (Phi) is 2.67. The summed E-state index contributed by atoms with van der Waals surface area (Å²) in [7, 11) is 0. The molecule has 4 heteroatoms. The van der Waals surface area contributed by atoms with E-state index in [1.54, 1.807) is 0 Å². The lowest BCUT2D eigenvalue weighted by molar-refractivity contribution is -0.145. The molecular formula is C11H10O4. The number of aliphatic carboxylic acids is 2. The highest BCUT2D eigenvalue weighted by Crippen LogP contribution is 2.34. The van der Waals surface area contributed by atoms with Crippen LogP contribution in [0.25, 0.3) is 0 Å². The summed E-state index contributed by atoms with van der Waals surface area (Å²) in [6.07, 6.45) is 7.84. The van der Waals surface area contributed by atoms with Crippen LogP contribution in [0.5, 0.6) is 0 Å². The summed E-state index contributed by atoms with van der Waals surface area (Å²) in [6, 6.07) is 0. The number of allylic oxidation sites excluding steroid dienone is 2. The number of rotatable bonds is 2. The molecule has 1 aliphatic rings. The SMILES string of the molecule is C#CC1=C(C(=O)O)CC(C)(C(=O)O)C=C1. The standard InChI is InChI=1S/C11H10O4/c1-3-7-4-5-11(2,10(14)15)6-8(7)9(12)13/h1,4-5H,6H2,2H3,(H,12,13)(H,14,15). The normalized spacial score (nSPS) is 24.8. The molecule has 1 rings (SSSR count). The molecule has 15 heavy (non-hydrogen) atoms. The fourth-order valence-electron chi connectivity index (χ4n) is 1.36. The van der Waals surface area contributed by atoms with Gasteiger partial charge in [-0.3, -0.25) is 4.79 Å². The summed E-state index contributed by atoms with van der Waals surface area (Å²) in [5, 5.41) is 17.8. The monoisotopic (exact) mass is 206 g/mol. The Hall–Kier alpha value is -2.02. The molecule has 0 aliphatic heterocycles. The molecule has 1 aliphatic carbocycles. The average Bonchev–Trinajstić information content (AvgIpc) is 2.17. The fraction of sp³-hybridized carbons (Fsp3) is 0.273. The molecule has 0 heterocycles. The second-order valence-corrected chi connectivity index (χ2v) is 3.57. The molecule has 0 aromatic rings. The Bertz CT molecular complexity index is 422. The van der Waals surface area contributed by atoms with Crippen molar-refractivity contribution in [2.24, 2.45) is 5.41 Å². The lowest BCUT2D eigenvalue weighted by atomic mass is 9.78. The summed E-state index contributed by atoms with van der Waals surface area (Å²) in [5.74, 6) is 0.00270. The Balaban J connectivity index is 3.18. The largest absolute Gasteiger partial charge is 0.481 e. The van der Waals surface area contributed by atoms with Crippen molar-refractivity contribution in [3.63, 3.8) is 0 Å². The smallest absolute Gasteiger partial charge is 0.332 e. The Morgan fingerprint density at radius 2 is 2.13 bits per heavy atom. The molecular weight excluding hydrogens is 196 g/mol. The molecule has 0 saturated heterocycles. The first kappa shape index (κ1) is 11.1. The van der Waals surface area contributed by atoms with Crippen LogP contribution in [0.2, 0.25) is 0 Å². The van der Waals surface area contributed by atoms with Crippen molar-refractivity contribution in [2.45, 2.75) is 13.3 Å². The van der Waals surface area contributed by atoms with E-state index in [-0.39, 0.29) is 17.6 Å². The molecule has 2 N–H and O–H groups in total. The first-order valence-corrected chi connectivity index (χ1v) is 4.26. The van der Waals surface area contributed by atoms with Gasteiger partial charge in [0.25, 0.3) is 0 Å². The van der Waals surface area contributed by atoms with Crippen molar-refractivity contribution in [1.29, 1.82) is 0 Å². The van der Waals surface area contributed by atoms with Gasteiger partial charge in [0.2, 0.25) is 0 Å². The minimum Gasteiger partial charge on any atom is -0.481 e. The van der Waals surface area contributed by atoms with E-state index in [9.17, 15) is 9.59 Å². The highest BCUT2D eigenvalue weighted by molar-refractivity contribution is 5.92. The van der Waals surface area contributed by atoms with Crippen LogP contribution in [-0.4, -0.2) is 22.2 Å². The lowest BCUT2D eigenvalue weighted by Crippen LogP contribution is -2.29. The number of carboxylic acid groups (broad SMARTS) is 2. The number of terminal acetylenes is 1. The maximum atomic E-state index is 10.9. The molecule has 0 fully saturated rings. The zero-order valence-corrected chi connectivity index (χ0v) is 8.15. The second-order valence-electron chi connectivity index (χ2n) is 3.57. The minimum absolute atomic E-state index is 0.0232. The number of carboxylic acids is 2. The van der Waals surface area contributed by atoms with E-state index in [2.05, 4.69) is 5.92 Å². The first-order chi connectivity index (χ1) is 6.90. The van der Waals surface area contributed by atoms with Crippen LogP contribution in [0.3, 0.4) is 0 Å². The van der Waals surface area contributed by atoms with E-state index in [0.717, 1.165) is 0 Å². The average molecular weight is 206 g/mol. The molecule has 1 unspecified atom stereocenters. The van der Waals surface area contributed by atoms with E-state index >= 15 is 0 Å². The molecule has 0 radical (unpaired) electrons. The van der Waals surface area contributed by atoms with Gasteiger partial charge in [0.05, 0.1) is 11.0 Å². The van der Waals surface area contributed by atoms with Gasteiger partial charge in [0.15, 0.2) is 0 Å². The van der Waals surface area contributed by atoms with Gasteiger partial charge in [0.1, 0.15) is 0 Å². The molecule has 0 spiro atoms. The minimum atomic E-state index is -1.19. The molecule has 0 bridgehead atoms. The van der Waals surface area contributed by atoms with E-state index in [1.807, 2.05) is 0 Å². The summed E-state index contributed by atoms with van der Waals surface area (Å²) >= 11 is 0. The van der Waals surface area contributed by atoms with Crippen molar-refractivity contribution in [3.05, 3.63) is 23.3 Å². The molecule has 0 amide bonds. The highest BCUT2D eigenvalue weighted by Gasteiger charge is 2.36. The van der Waals surface area contributed by atoms with Crippen molar-refractivity contribution in [3.8, 4) is 12.3 Å². The topological polar surface area (TPSA) is 74.6 Å². The number of hydrogen-bond acceptors (Lipinski definition) is 2. The van der Waals surface area contributed by atoms with E-state index in [1.165, 1.54) is 19.1 Å². The van der Waals surface area contributed by atoms with E-state index in [4.69, 9.17) is 16.6 Å². The van der Waals surface area contributed by atoms with E-state index < -0.39 is 17.4 Å². The number of hydrogen-bond donors (Lipinski definition) is 2. The fourth-order valence-corrected chi connectivity index (χ4v) is 1.36. The third kappa shape index (κ3) is 1.91. The quantitative estimate of drug-likeness (QED) is 0.662. The zero-order chi connectivity index (χ0) is 11.6. The van der Waals surface area contributed by atoms with Crippen LogP contribution < -0.4 is 0 Å². The Labute approximate surface area is 86.9 Å². The van der Waals surface area contributed by atoms with Crippen LogP contribution in [0.1, 0.15) is 13.3 Å². The molecule has 78 valence electrons. The van der Waals surface area contributed by atoms with Gasteiger partial charge >= 0.3 is 11.9 Å². The van der Waals surface area contributed by atoms with Gasteiger partial charge in [-0.05, 0) is 13.0 Å². The van der Waals surface area contributed by atoms with Crippen molar-refractivity contribution >= 4 is 11.9 Å². The number of carbonyl (C=O) groups is 2. The predicted octanol–water partition coefficient (Wildman–Crippen LogP) is 1.05. The van der Waals surface area contributed by atoms with Crippen molar-refractivity contribution in [2.75, 3.05) is 0 Å². The summed E-state index contributed by atoms with van der Waals surface area (Å²) < 4.78 is 0. The summed E-state index contributed by atoms with van der Waals surface area (Å²) in [6.45, 7) is 1.46. The van der Waals surface area contributed by atoms with Crippen LogP contribution >= 0.6 is 0 Å². The first-order valence-electron chi connectivity index (χ1n) is 4.26. The molecule has 0 saturated carbocycles. The van der Waals surface area contributed by atoms with Crippen LogP contribution in [0.4, 0.5) is 0 Å². The second kappa shape index (κ2) is 3.62. The molecule has 0 aromatic heterocycles. The maximum Gasteiger partial charge on any atom is 0.332 e. The van der Waals surface area contributed by atoms with Gasteiger partial charge in [-0.25, -0.2) is 4.79 Å². The van der Waals surface area contributed by atoms with Crippen LogP contribution in [0.15, 0.2) is 23.3 Å².